The Bertz CT molecular complexity index is 931. The quantitative estimate of drug-likeness (QED) is 0.604. The van der Waals surface area contributed by atoms with Gasteiger partial charge in [0, 0.05) is 27.9 Å². The van der Waals surface area contributed by atoms with Crippen LogP contribution in [0.2, 0.25) is 10.0 Å². The number of aliphatic carboxylic acids is 1. The van der Waals surface area contributed by atoms with Gasteiger partial charge >= 0.3 is 5.97 Å². The average molecular weight is 436 g/mol. The summed E-state index contributed by atoms with van der Waals surface area (Å²) in [6.07, 6.45) is 4.21. The molecule has 0 amide bonds. The van der Waals surface area contributed by atoms with Gasteiger partial charge in [0.1, 0.15) is 11.9 Å². The minimum Gasteiger partial charge on any atom is -0.480 e. The number of hydrogen-bond donors (Lipinski definition) is 2. The summed E-state index contributed by atoms with van der Waals surface area (Å²) in [5.74, 6) is -2.10. The van der Waals surface area contributed by atoms with Crippen LogP contribution in [0.5, 0.6) is 0 Å². The van der Waals surface area contributed by atoms with E-state index in [4.69, 9.17) is 23.2 Å². The number of carbonyl (C=O) groups is 1. The second-order valence-corrected chi connectivity index (χ2v) is 9.60. The molecule has 3 nitrogen and oxygen atoms in total. The van der Waals surface area contributed by atoms with Crippen molar-refractivity contribution >= 4 is 29.2 Å². The van der Waals surface area contributed by atoms with Crippen molar-refractivity contribution < 1.29 is 14.3 Å². The van der Waals surface area contributed by atoms with E-state index in [1.165, 1.54) is 12.5 Å². The highest BCUT2D eigenvalue weighted by molar-refractivity contribution is 6.30. The van der Waals surface area contributed by atoms with E-state index in [1.54, 1.807) is 24.3 Å². The van der Waals surface area contributed by atoms with E-state index in [2.05, 4.69) is 12.2 Å². The minimum atomic E-state index is -0.935. The molecule has 1 heterocycles. The Balaban J connectivity index is 1.82. The van der Waals surface area contributed by atoms with Crippen molar-refractivity contribution in [2.45, 2.75) is 56.5 Å². The first-order chi connectivity index (χ1) is 13.8. The molecule has 0 spiro atoms. The molecule has 4 unspecified atom stereocenters. The van der Waals surface area contributed by atoms with Gasteiger partial charge in [0.15, 0.2) is 0 Å². The summed E-state index contributed by atoms with van der Waals surface area (Å²) in [4.78, 5) is 12.2. The zero-order valence-electron chi connectivity index (χ0n) is 16.2. The van der Waals surface area contributed by atoms with E-state index < -0.39 is 23.7 Å². The second kappa shape index (κ2) is 7.90. The molecule has 2 aliphatic rings. The molecule has 154 valence electrons. The van der Waals surface area contributed by atoms with E-state index in [1.807, 2.05) is 12.1 Å². The zero-order chi connectivity index (χ0) is 20.8. The molecular formula is C23H24Cl2FNO2. The molecule has 1 saturated heterocycles. The van der Waals surface area contributed by atoms with Gasteiger partial charge in [-0.25, -0.2) is 4.39 Å². The highest BCUT2D eigenvalue weighted by Crippen LogP contribution is 2.51. The maximum Gasteiger partial charge on any atom is 0.321 e. The highest BCUT2D eigenvalue weighted by atomic mass is 35.5. The lowest BCUT2D eigenvalue weighted by Gasteiger charge is -2.42. The number of halogens is 3. The molecule has 0 radical (unpaired) electrons. The monoisotopic (exact) mass is 435 g/mol. The molecule has 6 heteroatoms. The predicted octanol–water partition coefficient (Wildman–Crippen LogP) is 6.01. The van der Waals surface area contributed by atoms with Crippen LogP contribution in [-0.2, 0) is 4.79 Å². The lowest BCUT2D eigenvalue weighted by Crippen LogP contribution is -2.41. The molecule has 29 heavy (non-hydrogen) atoms. The SMILES string of the molecule is CC1(CC2NC(C(=O)O)C(c3cccc(Cl)c3)C2c2ccc(Cl)cc2F)CCC1. The molecule has 1 aliphatic heterocycles. The summed E-state index contributed by atoms with van der Waals surface area (Å²) < 4.78 is 15.0. The van der Waals surface area contributed by atoms with Gasteiger partial charge in [-0.15, -0.1) is 0 Å². The average Bonchev–Trinajstić information content (AvgIpc) is 2.99. The molecule has 1 saturated carbocycles. The molecule has 2 N–H and O–H groups in total. The van der Waals surface area contributed by atoms with Gasteiger partial charge in [0.2, 0.25) is 0 Å². The fourth-order valence-corrected chi connectivity index (χ4v) is 5.48. The molecule has 4 rings (SSSR count). The lowest BCUT2D eigenvalue weighted by molar-refractivity contribution is -0.139. The summed E-state index contributed by atoms with van der Waals surface area (Å²) in [5.41, 5.74) is 1.46. The molecule has 2 fully saturated rings. The van der Waals surface area contributed by atoms with Gasteiger partial charge in [0.05, 0.1) is 0 Å². The Hall–Kier alpha value is -1.62. The molecule has 0 aromatic heterocycles. The topological polar surface area (TPSA) is 49.3 Å². The van der Waals surface area contributed by atoms with Crippen molar-refractivity contribution in [2.75, 3.05) is 0 Å². The van der Waals surface area contributed by atoms with Gasteiger partial charge in [-0.05, 0) is 60.1 Å². The standard InChI is InChI=1S/C23H24Cl2FNO2/c1-23(8-3-9-23)12-18-20(16-7-6-15(25)11-17(16)26)19(21(27-18)22(28)29)13-4-2-5-14(24)10-13/h2,4-7,10-11,18-21,27H,3,8-9,12H2,1H3,(H,28,29). The number of rotatable bonds is 5. The van der Waals surface area contributed by atoms with E-state index in [9.17, 15) is 9.90 Å². The Morgan fingerprint density at radius 3 is 2.48 bits per heavy atom. The zero-order valence-corrected chi connectivity index (χ0v) is 17.7. The maximum atomic E-state index is 15.0. The van der Waals surface area contributed by atoms with Crippen LogP contribution in [-0.4, -0.2) is 23.2 Å². The van der Waals surface area contributed by atoms with Crippen LogP contribution in [0.1, 0.15) is 55.6 Å². The Kier molecular flexibility index (Phi) is 5.62. The maximum absolute atomic E-state index is 15.0. The number of nitrogens with one attached hydrogen (secondary N) is 1. The first-order valence-corrected chi connectivity index (χ1v) is 10.7. The summed E-state index contributed by atoms with van der Waals surface area (Å²) in [6, 6.07) is 10.9. The largest absolute Gasteiger partial charge is 0.480 e. The number of benzene rings is 2. The summed E-state index contributed by atoms with van der Waals surface area (Å²) in [6.45, 7) is 2.23. The van der Waals surface area contributed by atoms with E-state index in [0.717, 1.165) is 24.8 Å². The molecule has 4 atom stereocenters. The van der Waals surface area contributed by atoms with Crippen molar-refractivity contribution in [1.29, 1.82) is 0 Å². The minimum absolute atomic E-state index is 0.152. The summed E-state index contributed by atoms with van der Waals surface area (Å²) >= 11 is 12.2. The van der Waals surface area contributed by atoms with Crippen LogP contribution in [0.15, 0.2) is 42.5 Å². The first-order valence-electron chi connectivity index (χ1n) is 9.97. The first kappa shape index (κ1) is 20.6. The van der Waals surface area contributed by atoms with Crippen LogP contribution in [0.3, 0.4) is 0 Å². The van der Waals surface area contributed by atoms with Crippen LogP contribution >= 0.6 is 23.2 Å². The summed E-state index contributed by atoms with van der Waals surface area (Å²) in [7, 11) is 0. The van der Waals surface area contributed by atoms with Crippen molar-refractivity contribution in [1.82, 2.24) is 5.32 Å². The predicted molar refractivity (Wildman–Crippen MR) is 113 cm³/mol. The Morgan fingerprint density at radius 2 is 1.90 bits per heavy atom. The Labute approximate surface area is 180 Å². The molecular weight excluding hydrogens is 412 g/mol. The Morgan fingerprint density at radius 1 is 1.17 bits per heavy atom. The molecule has 1 aliphatic carbocycles. The number of hydrogen-bond acceptors (Lipinski definition) is 2. The molecule has 0 bridgehead atoms. The third kappa shape index (κ3) is 4.03. The van der Waals surface area contributed by atoms with Crippen LogP contribution in [0.25, 0.3) is 0 Å². The van der Waals surface area contributed by atoms with Gasteiger partial charge in [-0.2, -0.15) is 0 Å². The van der Waals surface area contributed by atoms with Crippen LogP contribution < -0.4 is 5.32 Å². The lowest BCUT2D eigenvalue weighted by atomic mass is 9.64. The van der Waals surface area contributed by atoms with Gasteiger partial charge in [-0.3, -0.25) is 4.79 Å². The van der Waals surface area contributed by atoms with Crippen LogP contribution in [0.4, 0.5) is 4.39 Å². The third-order valence-corrected chi connectivity index (χ3v) is 7.14. The van der Waals surface area contributed by atoms with Crippen LogP contribution in [0, 0.1) is 11.2 Å². The fraction of sp³-hybridized carbons (Fsp3) is 0.435. The van der Waals surface area contributed by atoms with Crippen molar-refractivity contribution in [3.05, 3.63) is 69.5 Å². The van der Waals surface area contributed by atoms with Crippen molar-refractivity contribution in [3.8, 4) is 0 Å². The molecule has 2 aromatic carbocycles. The molecule has 2 aromatic rings. The second-order valence-electron chi connectivity index (χ2n) is 8.73. The van der Waals surface area contributed by atoms with E-state index in [0.29, 0.717) is 15.6 Å². The number of carboxylic acid groups (broad SMARTS) is 1. The van der Waals surface area contributed by atoms with E-state index >= 15 is 4.39 Å². The third-order valence-electron chi connectivity index (χ3n) is 6.67. The number of carboxylic acids is 1. The highest BCUT2D eigenvalue weighted by Gasteiger charge is 2.50. The van der Waals surface area contributed by atoms with Crippen molar-refractivity contribution in [3.63, 3.8) is 0 Å². The van der Waals surface area contributed by atoms with Gasteiger partial charge in [-0.1, -0.05) is 54.7 Å². The fourth-order valence-electron chi connectivity index (χ4n) is 5.12. The summed E-state index contributed by atoms with van der Waals surface area (Å²) in [5, 5.41) is 14.2. The van der Waals surface area contributed by atoms with Gasteiger partial charge in [0.25, 0.3) is 0 Å². The normalized spacial score (nSPS) is 28.1. The van der Waals surface area contributed by atoms with E-state index in [-0.39, 0.29) is 17.4 Å². The van der Waals surface area contributed by atoms with Crippen molar-refractivity contribution in [2.24, 2.45) is 5.41 Å². The van der Waals surface area contributed by atoms with Gasteiger partial charge < -0.3 is 10.4 Å². The smallest absolute Gasteiger partial charge is 0.321 e.